The van der Waals surface area contributed by atoms with E-state index in [4.69, 9.17) is 8.92 Å². The number of hydrogen-bond acceptors (Lipinski definition) is 5. The smallest absolute Gasteiger partial charge is 0.407 e. The van der Waals surface area contributed by atoms with Crippen LogP contribution in [-0.2, 0) is 19.0 Å². The number of hydrogen-bond donors (Lipinski definition) is 1. The molecule has 0 aliphatic heterocycles. The molecule has 158 valence electrons. The molecule has 1 aliphatic carbocycles. The number of alkyl carbamates (subject to hydrolysis) is 1. The zero-order chi connectivity index (χ0) is 20.8. The molecule has 0 saturated heterocycles. The lowest BCUT2D eigenvalue weighted by atomic mass is 9.83. The van der Waals surface area contributed by atoms with Crippen LogP contribution in [0.15, 0.2) is 29.2 Å². The summed E-state index contributed by atoms with van der Waals surface area (Å²) < 4.78 is 34.8. The topological polar surface area (TPSA) is 81.7 Å². The first-order chi connectivity index (χ1) is 13.0. The Morgan fingerprint density at radius 2 is 1.71 bits per heavy atom. The van der Waals surface area contributed by atoms with E-state index in [1.54, 1.807) is 24.3 Å². The van der Waals surface area contributed by atoms with Crippen LogP contribution >= 0.6 is 0 Å². The van der Waals surface area contributed by atoms with Gasteiger partial charge in [0.15, 0.2) is 0 Å². The molecule has 0 unspecified atom stereocenters. The molecule has 1 amide bonds. The van der Waals surface area contributed by atoms with Crippen LogP contribution in [-0.4, -0.2) is 32.8 Å². The number of aryl methyl sites for hydroxylation is 1. The third-order valence-electron chi connectivity index (χ3n) is 4.87. The maximum Gasteiger partial charge on any atom is 0.407 e. The highest BCUT2D eigenvalue weighted by atomic mass is 32.2. The van der Waals surface area contributed by atoms with E-state index in [1.807, 2.05) is 27.7 Å². The summed E-state index contributed by atoms with van der Waals surface area (Å²) in [6.07, 6.45) is 5.17. The molecule has 1 aromatic carbocycles. The van der Waals surface area contributed by atoms with Crippen LogP contribution < -0.4 is 5.32 Å². The molecule has 7 heteroatoms. The molecule has 0 radical (unpaired) electrons. The van der Waals surface area contributed by atoms with Crippen molar-refractivity contribution in [2.24, 2.45) is 5.92 Å². The first-order valence-corrected chi connectivity index (χ1v) is 11.4. The normalized spacial score (nSPS) is 20.6. The Hall–Kier alpha value is -1.60. The highest BCUT2D eigenvalue weighted by Gasteiger charge is 2.24. The van der Waals surface area contributed by atoms with E-state index in [2.05, 4.69) is 5.32 Å². The Kier molecular flexibility index (Phi) is 7.89. The molecule has 1 aromatic rings. The van der Waals surface area contributed by atoms with Gasteiger partial charge in [-0.1, -0.05) is 17.7 Å². The van der Waals surface area contributed by atoms with Gasteiger partial charge in [0, 0.05) is 6.04 Å². The van der Waals surface area contributed by atoms with Crippen molar-refractivity contribution >= 4 is 16.2 Å². The fraction of sp³-hybridized carbons (Fsp3) is 0.667. The third kappa shape index (κ3) is 7.80. The van der Waals surface area contributed by atoms with Gasteiger partial charge < -0.3 is 10.1 Å². The molecule has 1 fully saturated rings. The van der Waals surface area contributed by atoms with Crippen molar-refractivity contribution in [2.75, 3.05) is 6.61 Å². The lowest BCUT2D eigenvalue weighted by Gasteiger charge is -2.30. The van der Waals surface area contributed by atoms with E-state index in [0.29, 0.717) is 12.3 Å². The van der Waals surface area contributed by atoms with E-state index in [1.165, 1.54) is 0 Å². The Bertz CT molecular complexity index is 729. The van der Waals surface area contributed by atoms with E-state index in [-0.39, 0.29) is 23.6 Å². The molecule has 0 spiro atoms. The molecule has 6 nitrogen and oxygen atoms in total. The number of ether oxygens (including phenoxy) is 1. The second kappa shape index (κ2) is 9.74. The zero-order valence-corrected chi connectivity index (χ0v) is 18.2. The summed E-state index contributed by atoms with van der Waals surface area (Å²) in [4.78, 5) is 12.0. The van der Waals surface area contributed by atoms with E-state index >= 15 is 0 Å². The van der Waals surface area contributed by atoms with Crippen LogP contribution in [0.3, 0.4) is 0 Å². The maximum atomic E-state index is 12.2. The SMILES string of the molecule is Cc1ccc(S(=O)(=O)OCCCC2CCC(NC(=O)OC(C)(C)C)CC2)cc1. The zero-order valence-electron chi connectivity index (χ0n) is 17.4. The number of nitrogens with one attached hydrogen (secondary N) is 1. The average Bonchev–Trinajstić information content (AvgIpc) is 2.59. The molecule has 2 rings (SSSR count). The molecule has 0 bridgehead atoms. The van der Waals surface area contributed by atoms with Crippen LogP contribution in [0.25, 0.3) is 0 Å². The summed E-state index contributed by atoms with van der Waals surface area (Å²) >= 11 is 0. The number of amides is 1. The number of benzene rings is 1. The van der Waals surface area contributed by atoms with Gasteiger partial charge in [0.05, 0.1) is 11.5 Å². The summed E-state index contributed by atoms with van der Waals surface area (Å²) in [5.41, 5.74) is 0.524. The van der Waals surface area contributed by atoms with Crippen molar-refractivity contribution in [1.82, 2.24) is 5.32 Å². The minimum absolute atomic E-state index is 0.157. The average molecular weight is 412 g/mol. The monoisotopic (exact) mass is 411 g/mol. The number of rotatable bonds is 7. The number of carbonyl (C=O) groups excluding carboxylic acids is 1. The second-order valence-corrected chi connectivity index (χ2v) is 10.2. The van der Waals surface area contributed by atoms with Gasteiger partial charge in [-0.15, -0.1) is 0 Å². The van der Waals surface area contributed by atoms with Gasteiger partial charge in [-0.2, -0.15) is 8.42 Å². The van der Waals surface area contributed by atoms with Crippen molar-refractivity contribution in [3.63, 3.8) is 0 Å². The largest absolute Gasteiger partial charge is 0.444 e. The minimum atomic E-state index is -3.68. The fourth-order valence-corrected chi connectivity index (χ4v) is 4.33. The van der Waals surface area contributed by atoms with Crippen LogP contribution in [0.2, 0.25) is 0 Å². The molecule has 1 N–H and O–H groups in total. The predicted molar refractivity (Wildman–Crippen MR) is 109 cm³/mol. The summed E-state index contributed by atoms with van der Waals surface area (Å²) in [5.74, 6) is 0.544. The molecule has 1 saturated carbocycles. The fourth-order valence-electron chi connectivity index (χ4n) is 3.38. The van der Waals surface area contributed by atoms with Crippen LogP contribution in [0.1, 0.15) is 64.9 Å². The highest BCUT2D eigenvalue weighted by molar-refractivity contribution is 7.86. The van der Waals surface area contributed by atoms with Crippen LogP contribution in [0.4, 0.5) is 4.79 Å². The van der Waals surface area contributed by atoms with Gasteiger partial charge in [-0.05, 0) is 84.3 Å². The summed E-state index contributed by atoms with van der Waals surface area (Å²) in [6, 6.07) is 6.83. The van der Waals surface area contributed by atoms with Crippen molar-refractivity contribution in [1.29, 1.82) is 0 Å². The van der Waals surface area contributed by atoms with Crippen molar-refractivity contribution in [3.8, 4) is 0 Å². The second-order valence-electron chi connectivity index (χ2n) is 8.60. The highest BCUT2D eigenvalue weighted by Crippen LogP contribution is 2.28. The third-order valence-corrected chi connectivity index (χ3v) is 6.20. The van der Waals surface area contributed by atoms with Crippen molar-refractivity contribution < 1.29 is 22.1 Å². The van der Waals surface area contributed by atoms with E-state index < -0.39 is 15.7 Å². The Labute approximate surface area is 169 Å². The lowest BCUT2D eigenvalue weighted by Crippen LogP contribution is -2.40. The molecule has 28 heavy (non-hydrogen) atoms. The summed E-state index contributed by atoms with van der Waals surface area (Å²) in [7, 11) is -3.68. The van der Waals surface area contributed by atoms with Gasteiger partial charge in [0.2, 0.25) is 0 Å². The number of carbonyl (C=O) groups is 1. The Morgan fingerprint density at radius 3 is 2.29 bits per heavy atom. The summed E-state index contributed by atoms with van der Waals surface area (Å²) in [6.45, 7) is 7.67. The molecule has 0 atom stereocenters. The standard InChI is InChI=1S/C21H33NO5S/c1-16-7-13-19(14-8-16)28(24,25)26-15-5-6-17-9-11-18(12-10-17)22-20(23)27-21(2,3)4/h7-8,13-14,17-18H,5-6,9-12,15H2,1-4H3,(H,22,23). The molecule has 1 aliphatic rings. The van der Waals surface area contributed by atoms with Crippen molar-refractivity contribution in [2.45, 2.75) is 82.8 Å². The van der Waals surface area contributed by atoms with E-state index in [9.17, 15) is 13.2 Å². The molecule has 0 aromatic heterocycles. The van der Waals surface area contributed by atoms with E-state index in [0.717, 1.165) is 37.7 Å². The molecule has 0 heterocycles. The first-order valence-electron chi connectivity index (χ1n) is 10.0. The Morgan fingerprint density at radius 1 is 1.11 bits per heavy atom. The minimum Gasteiger partial charge on any atom is -0.444 e. The van der Waals surface area contributed by atoms with Gasteiger partial charge >= 0.3 is 6.09 Å². The first kappa shape index (κ1) is 22.7. The lowest BCUT2D eigenvalue weighted by molar-refractivity contribution is 0.0486. The van der Waals surface area contributed by atoms with Crippen LogP contribution in [0.5, 0.6) is 0 Å². The molecular formula is C21H33NO5S. The molecular weight excluding hydrogens is 378 g/mol. The predicted octanol–water partition coefficient (Wildman–Crippen LogP) is 4.56. The summed E-state index contributed by atoms with van der Waals surface area (Å²) in [5, 5.41) is 2.94. The van der Waals surface area contributed by atoms with Gasteiger partial charge in [-0.3, -0.25) is 4.18 Å². The van der Waals surface area contributed by atoms with Crippen LogP contribution in [0, 0.1) is 12.8 Å². The maximum absolute atomic E-state index is 12.2. The Balaban J connectivity index is 1.65. The van der Waals surface area contributed by atoms with Gasteiger partial charge in [0.1, 0.15) is 5.60 Å². The van der Waals surface area contributed by atoms with Crippen molar-refractivity contribution in [3.05, 3.63) is 29.8 Å². The van der Waals surface area contributed by atoms with Gasteiger partial charge in [-0.25, -0.2) is 4.79 Å². The quantitative estimate of drug-likeness (QED) is 0.525. The van der Waals surface area contributed by atoms with Gasteiger partial charge in [0.25, 0.3) is 10.1 Å².